The lowest BCUT2D eigenvalue weighted by atomic mass is 9.96. The molecule has 7 heteroatoms. The summed E-state index contributed by atoms with van der Waals surface area (Å²) in [5, 5.41) is 10.3. The second-order valence-electron chi connectivity index (χ2n) is 13.5. The minimum Gasteiger partial charge on any atom is -0.456 e. The number of allylic oxidation sites excluding steroid dienone is 2. The van der Waals surface area contributed by atoms with Crippen LogP contribution in [0.2, 0.25) is 0 Å². The minimum atomic E-state index is -0.305. The molecule has 6 aromatic carbocycles. The van der Waals surface area contributed by atoms with Crippen molar-refractivity contribution in [3.63, 3.8) is 0 Å². The lowest BCUT2D eigenvalue weighted by Gasteiger charge is -2.24. The first-order valence-corrected chi connectivity index (χ1v) is 17.9. The van der Waals surface area contributed by atoms with Crippen molar-refractivity contribution in [2.24, 2.45) is 9.98 Å². The molecule has 1 atom stereocenters. The van der Waals surface area contributed by atoms with Crippen molar-refractivity contribution in [1.82, 2.24) is 19.8 Å². The third-order valence-electron chi connectivity index (χ3n) is 10.5. The standard InChI is InChI=1S/C46H32N6O/c1-3-13-29(14-4-1)44-48-45(30-15-5-2-6-16-30)50-46(49-44)52-38-21-11-9-18-33(38)37-27-31(23-24-40(37)52)51-39-22-12-10-20-36(39)43-42(51)35-19-8-7-17-32(35)34-25-26-47-28-41(34)53-43/h1-27,44,47H,28H2,(H,48,49,50). The fourth-order valence-electron chi connectivity index (χ4n) is 8.08. The van der Waals surface area contributed by atoms with Gasteiger partial charge in [-0.25, -0.2) is 4.99 Å². The van der Waals surface area contributed by atoms with Crippen molar-refractivity contribution in [2.75, 3.05) is 6.54 Å². The number of nitrogens with zero attached hydrogens (tertiary/aromatic N) is 4. The summed E-state index contributed by atoms with van der Waals surface area (Å²) >= 11 is 0. The molecule has 2 N–H and O–H groups in total. The first-order chi connectivity index (χ1) is 26.3. The van der Waals surface area contributed by atoms with Gasteiger partial charge in [0.25, 0.3) is 0 Å². The topological polar surface area (TPSA) is 67.9 Å². The maximum atomic E-state index is 6.90. The van der Waals surface area contributed by atoms with Gasteiger partial charge in [-0.15, -0.1) is 0 Å². The molecule has 252 valence electrons. The van der Waals surface area contributed by atoms with E-state index in [1.165, 1.54) is 0 Å². The number of aliphatic imine (C=N–C) groups is 2. The van der Waals surface area contributed by atoms with E-state index in [1.807, 2.05) is 30.5 Å². The number of nitrogens with one attached hydrogen (secondary N) is 2. The number of fused-ring (bicyclic) bond motifs is 9. The number of amidine groups is 1. The average molecular weight is 685 g/mol. The van der Waals surface area contributed by atoms with E-state index in [9.17, 15) is 0 Å². The van der Waals surface area contributed by atoms with Crippen LogP contribution >= 0.6 is 0 Å². The highest BCUT2D eigenvalue weighted by Crippen LogP contribution is 2.48. The molecule has 3 aliphatic heterocycles. The molecule has 7 nitrogen and oxygen atoms in total. The van der Waals surface area contributed by atoms with Gasteiger partial charge < -0.3 is 19.9 Å². The summed E-state index contributed by atoms with van der Waals surface area (Å²) in [6.07, 6.45) is 3.82. The molecule has 0 saturated carbocycles. The molecule has 2 aromatic heterocycles. The molecule has 0 aliphatic carbocycles. The van der Waals surface area contributed by atoms with Gasteiger partial charge in [0.05, 0.1) is 28.8 Å². The monoisotopic (exact) mass is 684 g/mol. The number of aromatic nitrogens is 2. The van der Waals surface area contributed by atoms with Crippen LogP contribution in [0.3, 0.4) is 0 Å². The quantitative estimate of drug-likeness (QED) is 0.195. The van der Waals surface area contributed by atoms with E-state index < -0.39 is 0 Å². The van der Waals surface area contributed by atoms with Crippen molar-refractivity contribution >= 4 is 50.1 Å². The van der Waals surface area contributed by atoms with Crippen LogP contribution in [0.1, 0.15) is 22.9 Å². The Hall–Kier alpha value is -7.12. The Kier molecular flexibility index (Phi) is 6.54. The summed E-state index contributed by atoms with van der Waals surface area (Å²) in [5.41, 5.74) is 10.7. The fourth-order valence-corrected chi connectivity index (χ4v) is 8.08. The van der Waals surface area contributed by atoms with Crippen molar-refractivity contribution in [1.29, 1.82) is 0 Å². The maximum Gasteiger partial charge on any atom is 0.234 e. The summed E-state index contributed by atoms with van der Waals surface area (Å²) in [4.78, 5) is 10.5. The molecule has 0 spiro atoms. The number of rotatable bonds is 3. The minimum absolute atomic E-state index is 0.305. The van der Waals surface area contributed by atoms with E-state index in [0.29, 0.717) is 12.5 Å². The highest BCUT2D eigenvalue weighted by Gasteiger charge is 2.30. The molecular weight excluding hydrogens is 653 g/mol. The molecule has 1 unspecified atom stereocenters. The Morgan fingerprint density at radius 1 is 0.623 bits per heavy atom. The largest absolute Gasteiger partial charge is 0.456 e. The molecule has 0 bridgehead atoms. The summed E-state index contributed by atoms with van der Waals surface area (Å²) in [6.45, 7) is 0.629. The van der Waals surface area contributed by atoms with Gasteiger partial charge in [-0.05, 0) is 59.8 Å². The van der Waals surface area contributed by atoms with E-state index in [-0.39, 0.29) is 6.17 Å². The van der Waals surface area contributed by atoms with Crippen LogP contribution < -0.4 is 15.4 Å². The summed E-state index contributed by atoms with van der Waals surface area (Å²) in [7, 11) is 0. The Morgan fingerprint density at radius 2 is 1.30 bits per heavy atom. The van der Waals surface area contributed by atoms with Crippen molar-refractivity contribution in [3.05, 3.63) is 186 Å². The first-order valence-electron chi connectivity index (χ1n) is 17.9. The number of dihydropyridines is 1. The Labute approximate surface area is 305 Å². The summed E-state index contributed by atoms with van der Waals surface area (Å²) in [6, 6.07) is 53.1. The van der Waals surface area contributed by atoms with E-state index >= 15 is 0 Å². The molecule has 0 fully saturated rings. The van der Waals surface area contributed by atoms with Crippen LogP contribution in [0.4, 0.5) is 0 Å². The normalized spacial score (nSPS) is 16.2. The highest BCUT2D eigenvalue weighted by molar-refractivity contribution is 6.17. The maximum absolute atomic E-state index is 6.90. The van der Waals surface area contributed by atoms with Gasteiger partial charge in [-0.1, -0.05) is 115 Å². The van der Waals surface area contributed by atoms with Crippen LogP contribution in [0, 0.1) is 0 Å². The second-order valence-corrected chi connectivity index (χ2v) is 13.5. The zero-order valence-corrected chi connectivity index (χ0v) is 28.6. The number of para-hydroxylation sites is 2. The van der Waals surface area contributed by atoms with E-state index in [0.717, 1.165) is 89.3 Å². The van der Waals surface area contributed by atoms with Gasteiger partial charge in [-0.3, -0.25) is 4.57 Å². The zero-order valence-electron chi connectivity index (χ0n) is 28.6. The number of hydrogen-bond donors (Lipinski definition) is 2. The van der Waals surface area contributed by atoms with Gasteiger partial charge in [-0.2, -0.15) is 4.99 Å². The molecule has 5 heterocycles. The van der Waals surface area contributed by atoms with Crippen LogP contribution in [0.25, 0.3) is 55.2 Å². The Balaban J connectivity index is 1.15. The van der Waals surface area contributed by atoms with Gasteiger partial charge in [0.1, 0.15) is 17.8 Å². The molecular formula is C46H32N6O. The lowest BCUT2D eigenvalue weighted by molar-refractivity contribution is 0.418. The predicted molar refractivity (Wildman–Crippen MR) is 215 cm³/mol. The second kappa shape index (κ2) is 11.7. The molecule has 0 amide bonds. The fraction of sp³-hybridized carbons (Fsp3) is 0.0435. The third-order valence-corrected chi connectivity index (χ3v) is 10.5. The van der Waals surface area contributed by atoms with Gasteiger partial charge in [0.2, 0.25) is 5.96 Å². The molecule has 0 saturated heterocycles. The summed E-state index contributed by atoms with van der Waals surface area (Å²) < 4.78 is 11.5. The predicted octanol–water partition coefficient (Wildman–Crippen LogP) is 9.58. The van der Waals surface area contributed by atoms with Crippen molar-refractivity contribution in [2.45, 2.75) is 6.17 Å². The third kappa shape index (κ3) is 4.60. The Morgan fingerprint density at radius 3 is 2.13 bits per heavy atom. The molecule has 11 rings (SSSR count). The van der Waals surface area contributed by atoms with Gasteiger partial charge in [0, 0.05) is 38.5 Å². The van der Waals surface area contributed by atoms with E-state index in [2.05, 4.69) is 153 Å². The molecule has 3 aliphatic rings. The van der Waals surface area contributed by atoms with Crippen LogP contribution in [-0.4, -0.2) is 27.5 Å². The molecule has 8 aromatic rings. The van der Waals surface area contributed by atoms with E-state index in [4.69, 9.17) is 14.7 Å². The molecule has 0 radical (unpaired) electrons. The first kappa shape index (κ1) is 29.6. The lowest BCUT2D eigenvalue weighted by Crippen LogP contribution is -2.35. The smallest absolute Gasteiger partial charge is 0.234 e. The zero-order chi connectivity index (χ0) is 34.9. The van der Waals surface area contributed by atoms with E-state index in [1.54, 1.807) is 0 Å². The van der Waals surface area contributed by atoms with Gasteiger partial charge in [0.15, 0.2) is 5.75 Å². The van der Waals surface area contributed by atoms with Crippen LogP contribution in [0.15, 0.2) is 180 Å². The SMILES string of the molecule is C1=CC2=C(CN1)Oc1c(n(-c3ccc4c(c3)c3ccccc3n4C3=NC(c4ccccc4)NC(c4ccccc4)=N3)c3ccccc13)-c1ccccc12. The van der Waals surface area contributed by atoms with Crippen molar-refractivity contribution in [3.8, 4) is 22.7 Å². The van der Waals surface area contributed by atoms with Crippen molar-refractivity contribution < 1.29 is 4.74 Å². The van der Waals surface area contributed by atoms with Crippen LogP contribution in [-0.2, 0) is 0 Å². The summed E-state index contributed by atoms with van der Waals surface area (Å²) in [5.74, 6) is 3.22. The average Bonchev–Trinajstić information content (AvgIpc) is 3.68. The van der Waals surface area contributed by atoms with Crippen LogP contribution in [0.5, 0.6) is 5.75 Å². The van der Waals surface area contributed by atoms with Gasteiger partial charge >= 0.3 is 0 Å². The Bertz CT molecular complexity index is 2890. The highest BCUT2D eigenvalue weighted by atomic mass is 16.5. The number of ether oxygens (including phenoxy) is 1. The number of hydrogen-bond acceptors (Lipinski definition) is 5. The number of benzene rings is 6. The molecule has 53 heavy (non-hydrogen) atoms.